The molecule has 1 saturated heterocycles. The molecule has 170 valence electrons. The largest absolute Gasteiger partial charge is 0.508 e. The van der Waals surface area contributed by atoms with Gasteiger partial charge in [-0.3, -0.25) is 9.59 Å². The van der Waals surface area contributed by atoms with Gasteiger partial charge in [-0.2, -0.15) is 0 Å². The number of aliphatic hydroxyl groups is 1. The summed E-state index contributed by atoms with van der Waals surface area (Å²) in [7, 11) is 3.86. The third-order valence-electron chi connectivity index (χ3n) is 5.26. The molecule has 0 bridgehead atoms. The van der Waals surface area contributed by atoms with Crippen LogP contribution in [-0.2, 0) is 9.59 Å². The van der Waals surface area contributed by atoms with Crippen LogP contribution in [0, 0.1) is 0 Å². The Balaban J connectivity index is 2.12. The molecular formula is C24H27ClN2O5. The fourth-order valence-corrected chi connectivity index (χ4v) is 3.97. The van der Waals surface area contributed by atoms with Crippen LogP contribution in [0.2, 0.25) is 5.02 Å². The molecule has 8 heteroatoms. The number of hydrogen-bond donors (Lipinski definition) is 2. The van der Waals surface area contributed by atoms with Gasteiger partial charge in [0.05, 0.1) is 23.2 Å². The number of Topliss-reactive ketones (excluding diaryl/α,β-unsaturated/α-hetero) is 1. The fraction of sp³-hybridized carbons (Fsp3) is 0.333. The Morgan fingerprint density at radius 2 is 1.84 bits per heavy atom. The second-order valence-corrected chi connectivity index (χ2v) is 8.22. The van der Waals surface area contributed by atoms with E-state index in [1.165, 1.54) is 17.0 Å². The SMILES string of the molecule is CCOc1ccc(Cl)c(/C(O)=C2\C(=O)C(=O)N(CCCN(C)C)C2c2ccc(O)cc2)c1. The van der Waals surface area contributed by atoms with Gasteiger partial charge in [0.15, 0.2) is 0 Å². The van der Waals surface area contributed by atoms with E-state index in [2.05, 4.69) is 0 Å². The Morgan fingerprint density at radius 3 is 2.47 bits per heavy atom. The molecule has 32 heavy (non-hydrogen) atoms. The Bertz CT molecular complexity index is 1030. The number of hydrogen-bond acceptors (Lipinski definition) is 6. The lowest BCUT2D eigenvalue weighted by molar-refractivity contribution is -0.139. The molecular weight excluding hydrogens is 432 g/mol. The third kappa shape index (κ3) is 4.89. The van der Waals surface area contributed by atoms with E-state index in [4.69, 9.17) is 16.3 Å². The minimum atomic E-state index is -0.801. The molecule has 7 nitrogen and oxygen atoms in total. The zero-order valence-electron chi connectivity index (χ0n) is 18.3. The zero-order valence-corrected chi connectivity index (χ0v) is 19.1. The molecule has 0 aliphatic carbocycles. The highest BCUT2D eigenvalue weighted by Gasteiger charge is 2.46. The Labute approximate surface area is 192 Å². The van der Waals surface area contributed by atoms with Gasteiger partial charge >= 0.3 is 0 Å². The van der Waals surface area contributed by atoms with Crippen molar-refractivity contribution >= 4 is 29.1 Å². The molecule has 0 aromatic heterocycles. The van der Waals surface area contributed by atoms with Crippen LogP contribution in [0.5, 0.6) is 11.5 Å². The first-order valence-electron chi connectivity index (χ1n) is 10.4. The number of carbonyl (C=O) groups excluding carboxylic acids is 2. The minimum absolute atomic E-state index is 0.0407. The van der Waals surface area contributed by atoms with Gasteiger partial charge in [-0.25, -0.2) is 0 Å². The molecule has 2 aromatic carbocycles. The third-order valence-corrected chi connectivity index (χ3v) is 5.59. The first-order valence-corrected chi connectivity index (χ1v) is 10.8. The first-order chi connectivity index (χ1) is 15.2. The average Bonchev–Trinajstić information content (AvgIpc) is 3.00. The molecule has 1 atom stereocenters. The summed E-state index contributed by atoms with van der Waals surface area (Å²) in [6.07, 6.45) is 0.648. The first kappa shape index (κ1) is 23.6. The summed E-state index contributed by atoms with van der Waals surface area (Å²) < 4.78 is 5.50. The van der Waals surface area contributed by atoms with E-state index >= 15 is 0 Å². The van der Waals surface area contributed by atoms with Crippen LogP contribution in [0.25, 0.3) is 5.76 Å². The van der Waals surface area contributed by atoms with Crippen LogP contribution in [0.15, 0.2) is 48.0 Å². The van der Waals surface area contributed by atoms with Crippen molar-refractivity contribution in [3.05, 3.63) is 64.2 Å². The Morgan fingerprint density at radius 1 is 1.16 bits per heavy atom. The number of carbonyl (C=O) groups is 2. The smallest absolute Gasteiger partial charge is 0.295 e. The van der Waals surface area contributed by atoms with Crippen molar-refractivity contribution in [3.8, 4) is 11.5 Å². The molecule has 2 aromatic rings. The molecule has 1 heterocycles. The van der Waals surface area contributed by atoms with E-state index in [0.717, 1.165) is 6.54 Å². The van der Waals surface area contributed by atoms with Crippen molar-refractivity contribution < 1.29 is 24.5 Å². The number of rotatable bonds is 8. The highest BCUT2D eigenvalue weighted by atomic mass is 35.5. The molecule has 0 saturated carbocycles. The van der Waals surface area contributed by atoms with Crippen molar-refractivity contribution in [1.82, 2.24) is 9.80 Å². The summed E-state index contributed by atoms with van der Waals surface area (Å²) in [6.45, 7) is 3.31. The normalized spacial score (nSPS) is 17.9. The number of phenolic OH excluding ortho intramolecular Hbond substituents is 1. The molecule has 0 spiro atoms. The topological polar surface area (TPSA) is 90.3 Å². The van der Waals surface area contributed by atoms with Crippen molar-refractivity contribution in [2.75, 3.05) is 33.8 Å². The number of amides is 1. The zero-order chi connectivity index (χ0) is 23.4. The second kappa shape index (κ2) is 10.1. The van der Waals surface area contributed by atoms with Crippen molar-refractivity contribution in [3.63, 3.8) is 0 Å². The molecule has 1 amide bonds. The summed E-state index contributed by atoms with van der Waals surface area (Å²) in [6, 6.07) is 10.2. The van der Waals surface area contributed by atoms with Crippen LogP contribution in [-0.4, -0.2) is 65.5 Å². The fourth-order valence-electron chi connectivity index (χ4n) is 3.76. The number of ether oxygens (including phenoxy) is 1. The maximum atomic E-state index is 13.1. The summed E-state index contributed by atoms with van der Waals surface area (Å²) in [5.74, 6) is -1.27. The maximum absolute atomic E-state index is 13.1. The summed E-state index contributed by atoms with van der Waals surface area (Å²) in [5.41, 5.74) is 0.777. The minimum Gasteiger partial charge on any atom is -0.508 e. The molecule has 3 rings (SSSR count). The van der Waals surface area contributed by atoms with E-state index in [1.54, 1.807) is 30.3 Å². The number of ketones is 1. The molecule has 1 aliphatic heterocycles. The number of phenols is 1. The van der Waals surface area contributed by atoms with Gasteiger partial charge in [-0.05, 0) is 69.9 Å². The predicted octanol–water partition coefficient (Wildman–Crippen LogP) is 3.82. The lowest BCUT2D eigenvalue weighted by Gasteiger charge is -2.26. The summed E-state index contributed by atoms with van der Waals surface area (Å²) in [5, 5.41) is 21.1. The van der Waals surface area contributed by atoms with Crippen LogP contribution in [0.3, 0.4) is 0 Å². The van der Waals surface area contributed by atoms with E-state index in [9.17, 15) is 19.8 Å². The van der Waals surface area contributed by atoms with Crippen LogP contribution in [0.1, 0.15) is 30.5 Å². The number of nitrogens with zero attached hydrogens (tertiary/aromatic N) is 2. The standard InChI is InChI=1S/C24H27ClN2O5/c1-4-32-17-10-11-19(25)18(14-17)22(29)20-21(15-6-8-16(28)9-7-15)27(24(31)23(20)30)13-5-12-26(2)3/h6-11,14,21,28-29H,4-5,12-13H2,1-3H3/b22-20+. The van der Waals surface area contributed by atoms with Crippen molar-refractivity contribution in [1.29, 1.82) is 0 Å². The van der Waals surface area contributed by atoms with Crippen LogP contribution < -0.4 is 4.74 Å². The van der Waals surface area contributed by atoms with Crippen LogP contribution >= 0.6 is 11.6 Å². The van der Waals surface area contributed by atoms with Crippen LogP contribution in [0.4, 0.5) is 0 Å². The van der Waals surface area contributed by atoms with E-state index in [1.807, 2.05) is 25.9 Å². The van der Waals surface area contributed by atoms with Gasteiger partial charge in [0, 0.05) is 12.1 Å². The van der Waals surface area contributed by atoms with E-state index in [-0.39, 0.29) is 27.7 Å². The summed E-state index contributed by atoms with van der Waals surface area (Å²) in [4.78, 5) is 29.5. The van der Waals surface area contributed by atoms with Gasteiger partial charge in [0.1, 0.15) is 17.3 Å². The highest BCUT2D eigenvalue weighted by Crippen LogP contribution is 2.41. The van der Waals surface area contributed by atoms with Gasteiger partial charge in [0.25, 0.3) is 11.7 Å². The predicted molar refractivity (Wildman–Crippen MR) is 123 cm³/mol. The number of halogens is 1. The maximum Gasteiger partial charge on any atom is 0.295 e. The van der Waals surface area contributed by atoms with Crippen molar-refractivity contribution in [2.45, 2.75) is 19.4 Å². The number of likely N-dealkylation sites (tertiary alicyclic amines) is 1. The quantitative estimate of drug-likeness (QED) is 0.355. The number of aromatic hydroxyl groups is 1. The lowest BCUT2D eigenvalue weighted by atomic mass is 9.95. The Hall–Kier alpha value is -3.03. The van der Waals surface area contributed by atoms with Gasteiger partial charge in [0.2, 0.25) is 0 Å². The Kier molecular flexibility index (Phi) is 7.43. The molecule has 1 aliphatic rings. The molecule has 1 unspecified atom stereocenters. The average molecular weight is 459 g/mol. The van der Waals surface area contributed by atoms with Gasteiger partial charge in [-0.1, -0.05) is 23.7 Å². The van der Waals surface area contributed by atoms with Gasteiger partial charge < -0.3 is 24.7 Å². The highest BCUT2D eigenvalue weighted by molar-refractivity contribution is 6.47. The number of benzene rings is 2. The molecule has 1 fully saturated rings. The number of aliphatic hydroxyl groups excluding tert-OH is 1. The van der Waals surface area contributed by atoms with Gasteiger partial charge in [-0.15, -0.1) is 0 Å². The second-order valence-electron chi connectivity index (χ2n) is 7.82. The monoisotopic (exact) mass is 458 g/mol. The van der Waals surface area contributed by atoms with E-state index in [0.29, 0.717) is 30.9 Å². The lowest BCUT2D eigenvalue weighted by Crippen LogP contribution is -2.32. The summed E-state index contributed by atoms with van der Waals surface area (Å²) >= 11 is 6.32. The molecule has 0 radical (unpaired) electrons. The molecule has 2 N–H and O–H groups in total. The van der Waals surface area contributed by atoms with E-state index < -0.39 is 17.7 Å². The van der Waals surface area contributed by atoms with Crippen molar-refractivity contribution in [2.24, 2.45) is 0 Å².